The Morgan fingerprint density at radius 2 is 2.00 bits per heavy atom. The maximum atomic E-state index is 11.9. The number of hydrogen-bond donors (Lipinski definition) is 2. The van der Waals surface area contributed by atoms with E-state index < -0.39 is 0 Å². The monoisotopic (exact) mass is 266 g/mol. The summed E-state index contributed by atoms with van der Waals surface area (Å²) in [5.74, 6) is 2.86. The number of rotatable bonds is 8. The molecule has 3 N–H and O–H groups in total. The number of unbranched alkanes of at least 4 members (excludes halogenated alkanes) is 3. The smallest absolute Gasteiger partial charge is 0.220 e. The normalized spacial score (nSPS) is 30.5. The van der Waals surface area contributed by atoms with Crippen LogP contribution in [-0.2, 0) is 4.79 Å². The van der Waals surface area contributed by atoms with Crippen LogP contribution < -0.4 is 11.1 Å². The number of carbonyl (C=O) groups is 1. The van der Waals surface area contributed by atoms with Crippen molar-refractivity contribution in [1.29, 1.82) is 0 Å². The molecule has 2 saturated carbocycles. The number of amides is 1. The first kappa shape index (κ1) is 14.8. The number of hydrogen-bond acceptors (Lipinski definition) is 2. The van der Waals surface area contributed by atoms with Crippen molar-refractivity contribution in [2.45, 2.75) is 70.8 Å². The molecule has 4 unspecified atom stereocenters. The van der Waals surface area contributed by atoms with Gasteiger partial charge in [-0.25, -0.2) is 0 Å². The predicted octanol–water partition coefficient (Wildman–Crippen LogP) is 2.84. The fourth-order valence-corrected chi connectivity index (χ4v) is 4.12. The fraction of sp³-hybridized carbons (Fsp3) is 0.938. The summed E-state index contributed by atoms with van der Waals surface area (Å²) in [7, 11) is 0. The van der Waals surface area contributed by atoms with Gasteiger partial charge in [0.05, 0.1) is 0 Å². The lowest BCUT2D eigenvalue weighted by Gasteiger charge is -2.28. The summed E-state index contributed by atoms with van der Waals surface area (Å²) in [6.45, 7) is 2.98. The minimum Gasteiger partial charge on any atom is -0.353 e. The Balaban J connectivity index is 1.59. The molecular formula is C16H30N2O. The SMILES string of the molecule is CC(NC(=O)CCCCCCN)C1CC2CCC1C2. The first-order valence-electron chi connectivity index (χ1n) is 8.20. The largest absolute Gasteiger partial charge is 0.353 e. The molecule has 0 heterocycles. The van der Waals surface area contributed by atoms with Crippen LogP contribution >= 0.6 is 0 Å². The van der Waals surface area contributed by atoms with E-state index in [4.69, 9.17) is 5.73 Å². The Morgan fingerprint density at radius 1 is 1.21 bits per heavy atom. The van der Waals surface area contributed by atoms with Gasteiger partial charge in [0.1, 0.15) is 0 Å². The molecular weight excluding hydrogens is 236 g/mol. The molecule has 110 valence electrons. The summed E-state index contributed by atoms with van der Waals surface area (Å²) in [6, 6.07) is 0.381. The highest BCUT2D eigenvalue weighted by molar-refractivity contribution is 5.76. The molecule has 0 spiro atoms. The van der Waals surface area contributed by atoms with Crippen LogP contribution in [0.25, 0.3) is 0 Å². The average molecular weight is 266 g/mol. The van der Waals surface area contributed by atoms with Gasteiger partial charge in [-0.15, -0.1) is 0 Å². The van der Waals surface area contributed by atoms with E-state index in [1.54, 1.807) is 0 Å². The lowest BCUT2D eigenvalue weighted by Crippen LogP contribution is -2.40. The van der Waals surface area contributed by atoms with Crippen molar-refractivity contribution in [1.82, 2.24) is 5.32 Å². The molecule has 2 aliphatic carbocycles. The molecule has 4 atom stereocenters. The van der Waals surface area contributed by atoms with Gasteiger partial charge in [-0.1, -0.05) is 19.3 Å². The second-order valence-corrected chi connectivity index (χ2v) is 6.65. The van der Waals surface area contributed by atoms with Crippen LogP contribution in [0.2, 0.25) is 0 Å². The van der Waals surface area contributed by atoms with Crippen molar-refractivity contribution >= 4 is 5.91 Å². The van der Waals surface area contributed by atoms with Crippen LogP contribution in [0.15, 0.2) is 0 Å². The summed E-state index contributed by atoms with van der Waals surface area (Å²) < 4.78 is 0. The van der Waals surface area contributed by atoms with E-state index in [0.717, 1.165) is 50.0 Å². The van der Waals surface area contributed by atoms with Gasteiger partial charge in [0.15, 0.2) is 0 Å². The summed E-state index contributed by atoms with van der Waals surface area (Å²) in [5, 5.41) is 3.23. The van der Waals surface area contributed by atoms with Crippen molar-refractivity contribution in [3.05, 3.63) is 0 Å². The highest BCUT2D eigenvalue weighted by atomic mass is 16.1. The fourth-order valence-electron chi connectivity index (χ4n) is 4.12. The van der Waals surface area contributed by atoms with Crippen molar-refractivity contribution in [3.63, 3.8) is 0 Å². The number of fused-ring (bicyclic) bond motifs is 2. The standard InChI is InChI=1S/C16H30N2O/c1-12(15-11-13-7-8-14(15)10-13)18-16(19)6-4-2-3-5-9-17/h12-15H,2-11,17H2,1H3,(H,18,19). The van der Waals surface area contributed by atoms with Crippen molar-refractivity contribution in [2.24, 2.45) is 23.5 Å². The highest BCUT2D eigenvalue weighted by Crippen LogP contribution is 2.49. The maximum Gasteiger partial charge on any atom is 0.220 e. The number of carbonyl (C=O) groups excluding carboxylic acids is 1. The molecule has 2 aliphatic rings. The molecule has 0 aromatic rings. The topological polar surface area (TPSA) is 55.1 Å². The van der Waals surface area contributed by atoms with Crippen LogP contribution in [0.1, 0.15) is 64.7 Å². The molecule has 0 aromatic heterocycles. The lowest BCUT2D eigenvalue weighted by molar-refractivity contribution is -0.122. The average Bonchev–Trinajstić information content (AvgIpc) is 3.00. The third-order valence-corrected chi connectivity index (χ3v) is 5.18. The first-order valence-corrected chi connectivity index (χ1v) is 8.20. The molecule has 2 rings (SSSR count). The van der Waals surface area contributed by atoms with Crippen molar-refractivity contribution < 1.29 is 4.79 Å². The summed E-state index contributed by atoms with van der Waals surface area (Å²) >= 11 is 0. The van der Waals surface area contributed by atoms with E-state index in [0.29, 0.717) is 12.5 Å². The second-order valence-electron chi connectivity index (χ2n) is 6.65. The van der Waals surface area contributed by atoms with Crippen LogP contribution in [0.4, 0.5) is 0 Å². The van der Waals surface area contributed by atoms with E-state index >= 15 is 0 Å². The van der Waals surface area contributed by atoms with Gasteiger partial charge in [0.2, 0.25) is 5.91 Å². The Labute approximate surface area is 117 Å². The van der Waals surface area contributed by atoms with Gasteiger partial charge < -0.3 is 11.1 Å². The minimum atomic E-state index is 0.253. The van der Waals surface area contributed by atoms with E-state index in [9.17, 15) is 4.79 Å². The zero-order chi connectivity index (χ0) is 13.7. The van der Waals surface area contributed by atoms with Crippen LogP contribution in [0, 0.1) is 17.8 Å². The van der Waals surface area contributed by atoms with Crippen LogP contribution in [-0.4, -0.2) is 18.5 Å². The third-order valence-electron chi connectivity index (χ3n) is 5.18. The maximum absolute atomic E-state index is 11.9. The molecule has 2 bridgehead atoms. The molecule has 0 radical (unpaired) electrons. The van der Waals surface area contributed by atoms with Crippen LogP contribution in [0.5, 0.6) is 0 Å². The third kappa shape index (κ3) is 4.20. The van der Waals surface area contributed by atoms with E-state index in [1.807, 2.05) is 0 Å². The Hall–Kier alpha value is -0.570. The van der Waals surface area contributed by atoms with Gasteiger partial charge in [0.25, 0.3) is 0 Å². The molecule has 0 saturated heterocycles. The molecule has 19 heavy (non-hydrogen) atoms. The summed E-state index contributed by atoms with van der Waals surface area (Å²) in [6.07, 6.45) is 10.7. The number of nitrogens with one attached hydrogen (secondary N) is 1. The van der Waals surface area contributed by atoms with Gasteiger partial charge >= 0.3 is 0 Å². The molecule has 2 fully saturated rings. The molecule has 0 aromatic carbocycles. The van der Waals surface area contributed by atoms with Crippen LogP contribution in [0.3, 0.4) is 0 Å². The highest BCUT2D eigenvalue weighted by Gasteiger charge is 2.41. The second kappa shape index (κ2) is 7.28. The minimum absolute atomic E-state index is 0.253. The zero-order valence-electron chi connectivity index (χ0n) is 12.4. The summed E-state index contributed by atoms with van der Waals surface area (Å²) in [5.41, 5.74) is 5.46. The Kier molecular flexibility index (Phi) is 5.68. The quantitative estimate of drug-likeness (QED) is 0.664. The van der Waals surface area contributed by atoms with Crippen molar-refractivity contribution in [2.75, 3.05) is 6.54 Å². The van der Waals surface area contributed by atoms with Gasteiger partial charge in [-0.2, -0.15) is 0 Å². The molecule has 1 amide bonds. The van der Waals surface area contributed by atoms with Gasteiger partial charge in [-0.3, -0.25) is 4.79 Å². The number of nitrogens with two attached hydrogens (primary N) is 1. The van der Waals surface area contributed by atoms with E-state index in [1.165, 1.54) is 25.7 Å². The molecule has 0 aliphatic heterocycles. The Morgan fingerprint density at radius 3 is 2.63 bits per heavy atom. The van der Waals surface area contributed by atoms with Gasteiger partial charge in [0, 0.05) is 12.5 Å². The Bertz CT molecular complexity index is 292. The molecule has 3 heteroatoms. The summed E-state index contributed by atoms with van der Waals surface area (Å²) in [4.78, 5) is 11.9. The van der Waals surface area contributed by atoms with Crippen molar-refractivity contribution in [3.8, 4) is 0 Å². The molecule has 3 nitrogen and oxygen atoms in total. The first-order chi connectivity index (χ1) is 9.20. The lowest BCUT2D eigenvalue weighted by atomic mass is 9.84. The predicted molar refractivity (Wildman–Crippen MR) is 78.7 cm³/mol. The van der Waals surface area contributed by atoms with E-state index in [-0.39, 0.29) is 5.91 Å². The van der Waals surface area contributed by atoms with Gasteiger partial charge in [-0.05, 0) is 63.3 Å². The van der Waals surface area contributed by atoms with E-state index in [2.05, 4.69) is 12.2 Å². The zero-order valence-corrected chi connectivity index (χ0v) is 12.4.